The lowest BCUT2D eigenvalue weighted by Crippen LogP contribution is -2.11. The third kappa shape index (κ3) is 2.55. The Morgan fingerprint density at radius 3 is 2.95 bits per heavy atom. The van der Waals surface area contributed by atoms with Crippen molar-refractivity contribution in [2.24, 2.45) is 0 Å². The molecule has 0 unspecified atom stereocenters. The Kier molecular flexibility index (Phi) is 3.81. The summed E-state index contributed by atoms with van der Waals surface area (Å²) in [6, 6.07) is 7.70. The van der Waals surface area contributed by atoms with Gasteiger partial charge in [0, 0.05) is 30.0 Å². The molecule has 0 spiro atoms. The van der Waals surface area contributed by atoms with Gasteiger partial charge in [-0.25, -0.2) is 9.37 Å². The van der Waals surface area contributed by atoms with Crippen molar-refractivity contribution in [2.45, 2.75) is 13.5 Å². The summed E-state index contributed by atoms with van der Waals surface area (Å²) in [6.45, 7) is 2.69. The van der Waals surface area contributed by atoms with E-state index in [-0.39, 0.29) is 10.9 Å². The Bertz CT molecular complexity index is 860. The van der Waals surface area contributed by atoms with Gasteiger partial charge in [-0.1, -0.05) is 11.6 Å². The third-order valence-electron chi connectivity index (χ3n) is 3.40. The fourth-order valence-electron chi connectivity index (χ4n) is 2.32. The van der Waals surface area contributed by atoms with Crippen LogP contribution in [0.5, 0.6) is 0 Å². The van der Waals surface area contributed by atoms with Crippen molar-refractivity contribution in [1.29, 1.82) is 0 Å². The highest BCUT2D eigenvalue weighted by Gasteiger charge is 2.15. The standard InChI is InChI=1S/C16H13ClFN3O/c1-2-21-9-12(11-4-3-7-19-15(11)21)16(22)20-10-5-6-14(18)13(17)8-10/h3-9H,2H2,1H3,(H,20,22). The first-order chi connectivity index (χ1) is 10.6. The van der Waals surface area contributed by atoms with Gasteiger partial charge in [0.15, 0.2) is 0 Å². The number of nitrogens with zero attached hydrogens (tertiary/aromatic N) is 2. The Morgan fingerprint density at radius 2 is 2.23 bits per heavy atom. The molecule has 112 valence electrons. The summed E-state index contributed by atoms with van der Waals surface area (Å²) in [5, 5.41) is 3.47. The second-order valence-electron chi connectivity index (χ2n) is 4.79. The van der Waals surface area contributed by atoms with Crippen LogP contribution in [0.15, 0.2) is 42.7 Å². The maximum absolute atomic E-state index is 13.2. The zero-order chi connectivity index (χ0) is 15.7. The predicted molar refractivity (Wildman–Crippen MR) is 84.8 cm³/mol. The van der Waals surface area contributed by atoms with Crippen molar-refractivity contribution in [3.8, 4) is 0 Å². The molecule has 0 saturated heterocycles. The molecule has 0 radical (unpaired) electrons. The molecule has 2 aromatic heterocycles. The van der Waals surface area contributed by atoms with Gasteiger partial charge in [-0.2, -0.15) is 0 Å². The molecule has 3 rings (SSSR count). The second-order valence-corrected chi connectivity index (χ2v) is 5.19. The van der Waals surface area contributed by atoms with E-state index in [1.54, 1.807) is 18.5 Å². The van der Waals surface area contributed by atoms with Gasteiger partial charge in [0.05, 0.1) is 10.6 Å². The van der Waals surface area contributed by atoms with E-state index < -0.39 is 5.82 Å². The lowest BCUT2D eigenvalue weighted by Gasteiger charge is -2.05. The van der Waals surface area contributed by atoms with Crippen LogP contribution in [0, 0.1) is 5.82 Å². The Balaban J connectivity index is 1.97. The Hall–Kier alpha value is -2.40. The number of anilines is 1. The van der Waals surface area contributed by atoms with E-state index in [0.717, 1.165) is 11.0 Å². The molecule has 0 bridgehead atoms. The molecule has 0 aliphatic carbocycles. The van der Waals surface area contributed by atoms with Crippen LogP contribution in [0.25, 0.3) is 11.0 Å². The van der Waals surface area contributed by atoms with Gasteiger partial charge in [0.25, 0.3) is 5.91 Å². The average molecular weight is 318 g/mol. The first kappa shape index (κ1) is 14.5. The topological polar surface area (TPSA) is 46.9 Å². The van der Waals surface area contributed by atoms with Crippen LogP contribution in [0.1, 0.15) is 17.3 Å². The smallest absolute Gasteiger partial charge is 0.257 e. The van der Waals surface area contributed by atoms with E-state index in [2.05, 4.69) is 10.3 Å². The number of rotatable bonds is 3. The lowest BCUT2D eigenvalue weighted by molar-refractivity contribution is 0.102. The third-order valence-corrected chi connectivity index (χ3v) is 3.69. The van der Waals surface area contributed by atoms with Crippen LogP contribution in [0.3, 0.4) is 0 Å². The van der Waals surface area contributed by atoms with Crippen molar-refractivity contribution in [3.05, 3.63) is 59.1 Å². The second kappa shape index (κ2) is 5.77. The summed E-state index contributed by atoms with van der Waals surface area (Å²) in [5.74, 6) is -0.806. The zero-order valence-electron chi connectivity index (χ0n) is 11.8. The summed E-state index contributed by atoms with van der Waals surface area (Å²) in [4.78, 5) is 16.8. The van der Waals surface area contributed by atoms with Crippen molar-refractivity contribution < 1.29 is 9.18 Å². The number of benzene rings is 1. The van der Waals surface area contributed by atoms with Gasteiger partial charge in [0.1, 0.15) is 11.5 Å². The number of hydrogen-bond acceptors (Lipinski definition) is 2. The summed E-state index contributed by atoms with van der Waals surface area (Å²) in [6.07, 6.45) is 3.45. The van der Waals surface area contributed by atoms with Gasteiger partial charge in [0.2, 0.25) is 0 Å². The molecule has 0 atom stereocenters. The molecule has 1 N–H and O–H groups in total. The van der Waals surface area contributed by atoms with Gasteiger partial charge in [-0.3, -0.25) is 4.79 Å². The molecule has 3 aromatic rings. The van der Waals surface area contributed by atoms with Crippen molar-refractivity contribution in [2.75, 3.05) is 5.32 Å². The van der Waals surface area contributed by atoms with Crippen molar-refractivity contribution in [1.82, 2.24) is 9.55 Å². The fraction of sp³-hybridized carbons (Fsp3) is 0.125. The maximum Gasteiger partial charge on any atom is 0.257 e. The molecular weight excluding hydrogens is 305 g/mol. The van der Waals surface area contributed by atoms with Crippen LogP contribution >= 0.6 is 11.6 Å². The van der Waals surface area contributed by atoms with Gasteiger partial charge in [-0.15, -0.1) is 0 Å². The van der Waals surface area contributed by atoms with E-state index in [0.29, 0.717) is 17.8 Å². The first-order valence-corrected chi connectivity index (χ1v) is 7.18. The number of aryl methyl sites for hydroxylation is 1. The van der Waals surface area contributed by atoms with Crippen LogP contribution in [-0.2, 0) is 6.54 Å². The highest BCUT2D eigenvalue weighted by molar-refractivity contribution is 6.31. The Labute approximate surface area is 131 Å². The molecule has 2 heterocycles. The average Bonchev–Trinajstić information content (AvgIpc) is 2.90. The lowest BCUT2D eigenvalue weighted by atomic mass is 10.2. The molecular formula is C16H13ClFN3O. The van der Waals surface area contributed by atoms with Crippen molar-refractivity contribution in [3.63, 3.8) is 0 Å². The molecule has 4 nitrogen and oxygen atoms in total. The Morgan fingerprint density at radius 1 is 1.41 bits per heavy atom. The number of halogens is 2. The normalized spacial score (nSPS) is 10.9. The minimum atomic E-state index is -0.522. The molecule has 6 heteroatoms. The number of carbonyl (C=O) groups is 1. The number of pyridine rings is 1. The fourth-order valence-corrected chi connectivity index (χ4v) is 2.50. The predicted octanol–water partition coefficient (Wildman–Crippen LogP) is 4.10. The highest BCUT2D eigenvalue weighted by atomic mass is 35.5. The van der Waals surface area contributed by atoms with E-state index in [4.69, 9.17) is 11.6 Å². The molecule has 0 aliphatic heterocycles. The number of fused-ring (bicyclic) bond motifs is 1. The van der Waals surface area contributed by atoms with Gasteiger partial charge in [-0.05, 0) is 37.3 Å². The SMILES string of the molecule is CCn1cc(C(=O)Nc2ccc(F)c(Cl)c2)c2cccnc21. The molecule has 1 aromatic carbocycles. The zero-order valence-corrected chi connectivity index (χ0v) is 12.6. The van der Waals surface area contributed by atoms with Crippen molar-refractivity contribution >= 4 is 34.2 Å². The summed E-state index contributed by atoms with van der Waals surface area (Å²) in [7, 11) is 0. The van der Waals surface area contributed by atoms with Crippen LogP contribution in [0.2, 0.25) is 5.02 Å². The summed E-state index contributed by atoms with van der Waals surface area (Å²) >= 11 is 5.72. The molecule has 22 heavy (non-hydrogen) atoms. The van der Waals surface area contributed by atoms with Crippen LogP contribution in [-0.4, -0.2) is 15.5 Å². The summed E-state index contributed by atoms with van der Waals surface area (Å²) in [5.41, 5.74) is 1.72. The number of carbonyl (C=O) groups excluding carboxylic acids is 1. The van der Waals surface area contributed by atoms with E-state index in [9.17, 15) is 9.18 Å². The minimum absolute atomic E-state index is 0.0320. The van der Waals surface area contributed by atoms with Crippen LogP contribution in [0.4, 0.5) is 10.1 Å². The van der Waals surface area contributed by atoms with Crippen LogP contribution < -0.4 is 5.32 Å². The molecule has 0 saturated carbocycles. The van der Waals surface area contributed by atoms with E-state index >= 15 is 0 Å². The maximum atomic E-state index is 13.2. The molecule has 0 fully saturated rings. The van der Waals surface area contributed by atoms with Gasteiger partial charge >= 0.3 is 0 Å². The number of hydrogen-bond donors (Lipinski definition) is 1. The summed E-state index contributed by atoms with van der Waals surface area (Å²) < 4.78 is 15.1. The highest BCUT2D eigenvalue weighted by Crippen LogP contribution is 2.23. The number of aromatic nitrogens is 2. The quantitative estimate of drug-likeness (QED) is 0.790. The minimum Gasteiger partial charge on any atom is -0.332 e. The first-order valence-electron chi connectivity index (χ1n) is 6.80. The molecule has 0 aliphatic rings. The monoisotopic (exact) mass is 317 g/mol. The van der Waals surface area contributed by atoms with E-state index in [1.807, 2.05) is 17.6 Å². The molecule has 1 amide bonds. The number of amides is 1. The number of nitrogens with one attached hydrogen (secondary N) is 1. The van der Waals surface area contributed by atoms with Gasteiger partial charge < -0.3 is 9.88 Å². The van der Waals surface area contributed by atoms with E-state index in [1.165, 1.54) is 18.2 Å². The largest absolute Gasteiger partial charge is 0.332 e.